The largest absolute Gasteiger partial charge is 0.490 e. The van der Waals surface area contributed by atoms with Crippen molar-refractivity contribution in [3.8, 4) is 5.75 Å². The molecule has 106 valence electrons. The van der Waals surface area contributed by atoms with E-state index in [4.69, 9.17) is 10.5 Å². The van der Waals surface area contributed by atoms with Gasteiger partial charge in [-0.1, -0.05) is 0 Å². The molecule has 0 saturated carbocycles. The Balaban J connectivity index is 2.50. The van der Waals surface area contributed by atoms with E-state index in [0.717, 1.165) is 6.07 Å². The van der Waals surface area contributed by atoms with Crippen LogP contribution in [0.25, 0.3) is 0 Å². The molecule has 0 spiro atoms. The van der Waals surface area contributed by atoms with E-state index in [-0.39, 0.29) is 16.7 Å². The van der Waals surface area contributed by atoms with Gasteiger partial charge in [0.15, 0.2) is 11.6 Å². The summed E-state index contributed by atoms with van der Waals surface area (Å²) in [6.45, 7) is 3.73. The number of benzene rings is 1. The number of halogens is 1. The van der Waals surface area contributed by atoms with Gasteiger partial charge in [0.2, 0.25) is 10.0 Å². The lowest BCUT2D eigenvalue weighted by atomic mass is 10.0. The summed E-state index contributed by atoms with van der Waals surface area (Å²) in [4.78, 5) is -0.126. The molecular weight excluding hydrogens is 271 g/mol. The van der Waals surface area contributed by atoms with E-state index in [9.17, 15) is 12.8 Å². The Hall–Kier alpha value is -1.18. The van der Waals surface area contributed by atoms with Crippen molar-refractivity contribution < 1.29 is 17.5 Å². The van der Waals surface area contributed by atoms with Crippen LogP contribution in [0.4, 0.5) is 4.39 Å². The van der Waals surface area contributed by atoms with Crippen LogP contribution >= 0.6 is 0 Å². The van der Waals surface area contributed by atoms with Gasteiger partial charge in [-0.3, -0.25) is 0 Å². The Morgan fingerprint density at radius 1 is 1.47 bits per heavy atom. The Kier molecular flexibility index (Phi) is 3.80. The highest BCUT2D eigenvalue weighted by Crippen LogP contribution is 2.35. The van der Waals surface area contributed by atoms with E-state index in [1.165, 1.54) is 6.07 Å². The second-order valence-corrected chi connectivity index (χ2v) is 6.56. The lowest BCUT2D eigenvalue weighted by Gasteiger charge is -2.24. The molecule has 0 aliphatic carbocycles. The van der Waals surface area contributed by atoms with Crippen molar-refractivity contribution in [1.82, 2.24) is 4.72 Å². The normalized spacial score (nSPS) is 19.1. The number of ether oxygens (including phenoxy) is 1. The van der Waals surface area contributed by atoms with Crippen LogP contribution in [0.1, 0.15) is 31.9 Å². The molecule has 1 aromatic rings. The van der Waals surface area contributed by atoms with Crippen molar-refractivity contribution in [3.05, 3.63) is 23.5 Å². The van der Waals surface area contributed by atoms with Crippen LogP contribution in [-0.2, 0) is 10.0 Å². The minimum atomic E-state index is -3.74. The minimum Gasteiger partial charge on any atom is -0.490 e. The number of fused-ring (bicyclic) bond motifs is 1. The summed E-state index contributed by atoms with van der Waals surface area (Å²) in [5.74, 6) is -0.640. The summed E-state index contributed by atoms with van der Waals surface area (Å²) in [6.07, 6.45) is 0.535. The van der Waals surface area contributed by atoms with Crippen LogP contribution in [0.5, 0.6) is 5.75 Å². The van der Waals surface area contributed by atoms with Gasteiger partial charge in [-0.15, -0.1) is 0 Å². The number of nitrogens with two attached hydrogens (primary N) is 1. The fourth-order valence-electron chi connectivity index (χ4n) is 1.99. The molecule has 3 N–H and O–H groups in total. The summed E-state index contributed by atoms with van der Waals surface area (Å²) in [6, 6.07) is 1.66. The number of rotatable bonds is 3. The fourth-order valence-corrected chi connectivity index (χ4v) is 3.29. The Bertz CT molecular complexity index is 587. The Labute approximate surface area is 112 Å². The molecule has 0 saturated heterocycles. The van der Waals surface area contributed by atoms with Crippen LogP contribution in [0.15, 0.2) is 17.0 Å². The second kappa shape index (κ2) is 5.07. The average molecular weight is 288 g/mol. The summed E-state index contributed by atoms with van der Waals surface area (Å²) < 4.78 is 45.6. The van der Waals surface area contributed by atoms with Crippen LogP contribution in [0, 0.1) is 5.82 Å². The molecule has 5 nitrogen and oxygen atoms in total. The van der Waals surface area contributed by atoms with E-state index in [1.54, 1.807) is 13.8 Å². The molecule has 0 bridgehead atoms. The first-order valence-corrected chi connectivity index (χ1v) is 7.53. The van der Waals surface area contributed by atoms with Gasteiger partial charge < -0.3 is 10.5 Å². The van der Waals surface area contributed by atoms with Gasteiger partial charge in [-0.2, -0.15) is 0 Å². The molecule has 1 atom stereocenters. The molecule has 0 radical (unpaired) electrons. The first-order chi connectivity index (χ1) is 8.81. The van der Waals surface area contributed by atoms with Crippen molar-refractivity contribution in [2.75, 3.05) is 6.61 Å². The van der Waals surface area contributed by atoms with Crippen LogP contribution in [0.3, 0.4) is 0 Å². The average Bonchev–Trinajstić information content (AvgIpc) is 2.28. The SMILES string of the molecule is CC(C)NS(=O)(=O)c1cc(F)c2c(c1)C(N)CCO2. The minimum absolute atomic E-state index is 0.0576. The van der Waals surface area contributed by atoms with Crippen LogP contribution in [0.2, 0.25) is 0 Å². The Morgan fingerprint density at radius 3 is 2.79 bits per heavy atom. The van der Waals surface area contributed by atoms with E-state index in [0.29, 0.717) is 18.6 Å². The monoisotopic (exact) mass is 288 g/mol. The van der Waals surface area contributed by atoms with Gasteiger partial charge in [0.1, 0.15) is 0 Å². The smallest absolute Gasteiger partial charge is 0.240 e. The summed E-state index contributed by atoms with van der Waals surface area (Å²) in [5, 5.41) is 0. The molecule has 7 heteroatoms. The number of sulfonamides is 1. The topological polar surface area (TPSA) is 81.4 Å². The van der Waals surface area contributed by atoms with E-state index >= 15 is 0 Å². The fraction of sp³-hybridized carbons (Fsp3) is 0.500. The highest BCUT2D eigenvalue weighted by molar-refractivity contribution is 7.89. The first-order valence-electron chi connectivity index (χ1n) is 6.05. The molecule has 2 rings (SSSR count). The maximum absolute atomic E-state index is 13.9. The molecule has 0 amide bonds. The van der Waals surface area contributed by atoms with Crippen molar-refractivity contribution >= 4 is 10.0 Å². The molecule has 19 heavy (non-hydrogen) atoms. The second-order valence-electron chi connectivity index (χ2n) is 4.84. The van der Waals surface area contributed by atoms with Crippen molar-refractivity contribution in [1.29, 1.82) is 0 Å². The summed E-state index contributed by atoms with van der Waals surface area (Å²) in [5.41, 5.74) is 6.27. The third-order valence-electron chi connectivity index (χ3n) is 2.82. The number of nitrogens with one attached hydrogen (secondary N) is 1. The van der Waals surface area contributed by atoms with Gasteiger partial charge in [0.05, 0.1) is 11.5 Å². The molecule has 1 heterocycles. The zero-order valence-corrected chi connectivity index (χ0v) is 11.6. The third kappa shape index (κ3) is 2.88. The predicted octanol–water partition coefficient (Wildman–Crippen LogP) is 1.29. The number of hydrogen-bond donors (Lipinski definition) is 2. The quantitative estimate of drug-likeness (QED) is 0.878. The van der Waals surface area contributed by atoms with Crippen molar-refractivity contribution in [2.24, 2.45) is 5.73 Å². The van der Waals surface area contributed by atoms with Gasteiger partial charge >= 0.3 is 0 Å². The van der Waals surface area contributed by atoms with Gasteiger partial charge in [0, 0.05) is 24.1 Å². The van der Waals surface area contributed by atoms with Crippen LogP contribution in [-0.4, -0.2) is 21.1 Å². The van der Waals surface area contributed by atoms with Crippen molar-refractivity contribution in [2.45, 2.75) is 37.2 Å². The maximum Gasteiger partial charge on any atom is 0.240 e. The van der Waals surface area contributed by atoms with Gasteiger partial charge in [-0.25, -0.2) is 17.5 Å². The molecular formula is C12H17FN2O3S. The molecule has 0 fully saturated rings. The molecule has 1 aliphatic rings. The summed E-state index contributed by atoms with van der Waals surface area (Å²) in [7, 11) is -3.74. The van der Waals surface area contributed by atoms with E-state index in [2.05, 4.69) is 4.72 Å². The zero-order valence-electron chi connectivity index (χ0n) is 10.8. The lowest BCUT2D eigenvalue weighted by molar-refractivity contribution is 0.254. The van der Waals surface area contributed by atoms with E-state index in [1.807, 2.05) is 0 Å². The highest BCUT2D eigenvalue weighted by atomic mass is 32.2. The highest BCUT2D eigenvalue weighted by Gasteiger charge is 2.26. The molecule has 1 aromatic carbocycles. The maximum atomic E-state index is 13.9. The third-order valence-corrected chi connectivity index (χ3v) is 4.46. The van der Waals surface area contributed by atoms with Crippen LogP contribution < -0.4 is 15.2 Å². The Morgan fingerprint density at radius 2 is 2.16 bits per heavy atom. The molecule has 1 aliphatic heterocycles. The zero-order chi connectivity index (χ0) is 14.2. The standard InChI is InChI=1S/C12H17FN2O3S/c1-7(2)15-19(16,17)8-5-9-11(14)3-4-18-12(9)10(13)6-8/h5-7,11,15H,3-4,14H2,1-2H3. The van der Waals surface area contributed by atoms with E-state index < -0.39 is 21.9 Å². The summed E-state index contributed by atoms with van der Waals surface area (Å²) >= 11 is 0. The molecule has 0 aromatic heterocycles. The lowest BCUT2D eigenvalue weighted by Crippen LogP contribution is -2.31. The number of hydrogen-bond acceptors (Lipinski definition) is 4. The van der Waals surface area contributed by atoms with Crippen molar-refractivity contribution in [3.63, 3.8) is 0 Å². The first kappa shape index (κ1) is 14.2. The van der Waals surface area contributed by atoms with Gasteiger partial charge in [-0.05, 0) is 26.0 Å². The molecule has 1 unspecified atom stereocenters. The predicted molar refractivity (Wildman–Crippen MR) is 68.9 cm³/mol. The van der Waals surface area contributed by atoms with Gasteiger partial charge in [0.25, 0.3) is 0 Å².